The zero-order chi connectivity index (χ0) is 13.7. The minimum atomic E-state index is -0.287. The van der Waals surface area contributed by atoms with Crippen molar-refractivity contribution in [1.29, 1.82) is 0 Å². The molecule has 2 heterocycles. The Morgan fingerprint density at radius 1 is 1.16 bits per heavy atom. The molecule has 0 amide bonds. The van der Waals surface area contributed by atoms with Gasteiger partial charge in [0.05, 0.1) is 11.2 Å². The molecular weight excluding hydrogens is 237 g/mol. The Bertz CT molecular complexity index is 467. The lowest BCUT2D eigenvalue weighted by molar-refractivity contribution is 0.00578. The van der Waals surface area contributed by atoms with Gasteiger partial charge < -0.3 is 9.31 Å². The fraction of sp³-hybridized carbons (Fsp3) is 0.667. The second kappa shape index (κ2) is 4.32. The van der Waals surface area contributed by atoms with E-state index in [1.165, 1.54) is 25.0 Å². The molecule has 2 aliphatic rings. The molecule has 0 spiro atoms. The first-order chi connectivity index (χ1) is 8.91. The van der Waals surface area contributed by atoms with E-state index in [-0.39, 0.29) is 18.3 Å². The Morgan fingerprint density at radius 3 is 2.32 bits per heavy atom. The van der Waals surface area contributed by atoms with Crippen LogP contribution in [0.1, 0.15) is 58.6 Å². The van der Waals surface area contributed by atoms with Crippen molar-refractivity contribution in [2.24, 2.45) is 0 Å². The van der Waals surface area contributed by atoms with Gasteiger partial charge in [0.25, 0.3) is 0 Å². The summed E-state index contributed by atoms with van der Waals surface area (Å²) in [5.74, 6) is 0.593. The Balaban J connectivity index is 1.91. The molecule has 1 aromatic heterocycles. The van der Waals surface area contributed by atoms with Crippen molar-refractivity contribution in [3.63, 3.8) is 0 Å². The Kier molecular flexibility index (Phi) is 2.99. The predicted molar refractivity (Wildman–Crippen MR) is 76.5 cm³/mol. The lowest BCUT2D eigenvalue weighted by atomic mass is 9.71. The fourth-order valence-corrected chi connectivity index (χ4v) is 2.62. The summed E-state index contributed by atoms with van der Waals surface area (Å²) in [7, 11) is -0.283. The number of hydrogen-bond acceptors (Lipinski definition) is 3. The molecule has 1 saturated carbocycles. The summed E-state index contributed by atoms with van der Waals surface area (Å²) in [6, 6.07) is 4.07. The number of hydrogen-bond donors (Lipinski definition) is 0. The van der Waals surface area contributed by atoms with Crippen molar-refractivity contribution < 1.29 is 9.31 Å². The van der Waals surface area contributed by atoms with E-state index >= 15 is 0 Å². The Morgan fingerprint density at radius 2 is 1.79 bits per heavy atom. The molecule has 3 rings (SSSR count). The molecule has 0 N–H and O–H groups in total. The highest BCUT2D eigenvalue weighted by Crippen LogP contribution is 2.39. The van der Waals surface area contributed by atoms with E-state index in [0.29, 0.717) is 5.92 Å². The van der Waals surface area contributed by atoms with Crippen molar-refractivity contribution in [2.75, 3.05) is 0 Å². The molecule has 0 radical (unpaired) electrons. The molecule has 0 aromatic carbocycles. The van der Waals surface area contributed by atoms with Crippen LogP contribution in [-0.4, -0.2) is 23.3 Å². The van der Waals surface area contributed by atoms with Crippen LogP contribution >= 0.6 is 0 Å². The van der Waals surface area contributed by atoms with Crippen molar-refractivity contribution in [1.82, 2.24) is 4.98 Å². The molecule has 1 aliphatic carbocycles. The number of pyridine rings is 1. The Labute approximate surface area is 115 Å². The van der Waals surface area contributed by atoms with Gasteiger partial charge in [-0.25, -0.2) is 0 Å². The van der Waals surface area contributed by atoms with Crippen LogP contribution in [0.2, 0.25) is 0 Å². The monoisotopic (exact) mass is 259 g/mol. The van der Waals surface area contributed by atoms with Crippen molar-refractivity contribution >= 4 is 12.6 Å². The van der Waals surface area contributed by atoms with E-state index in [4.69, 9.17) is 9.31 Å². The standard InChI is InChI=1S/C15H22BNO2/c1-14(2)15(3,4)19-16(18-14)12-9-6-10-17-13(12)11-7-5-8-11/h6,9-11H,5,7-8H2,1-4H3. The van der Waals surface area contributed by atoms with Gasteiger partial charge >= 0.3 is 7.12 Å². The second-order valence-electron chi connectivity index (χ2n) is 6.69. The summed E-state index contributed by atoms with van der Waals surface area (Å²) in [6.07, 6.45) is 5.67. The summed E-state index contributed by atoms with van der Waals surface area (Å²) in [5.41, 5.74) is 1.72. The summed E-state index contributed by atoms with van der Waals surface area (Å²) in [5, 5.41) is 0. The van der Waals surface area contributed by atoms with Crippen molar-refractivity contribution in [3.05, 3.63) is 24.0 Å². The van der Waals surface area contributed by atoms with E-state index in [0.717, 1.165) is 5.46 Å². The molecular formula is C15H22BNO2. The van der Waals surface area contributed by atoms with Crippen molar-refractivity contribution in [3.8, 4) is 0 Å². The number of nitrogens with zero attached hydrogens (tertiary/aromatic N) is 1. The molecule has 0 unspecified atom stereocenters. The SMILES string of the molecule is CC1(C)OB(c2cccnc2C2CCC2)OC1(C)C. The lowest BCUT2D eigenvalue weighted by Gasteiger charge is -2.32. The third-order valence-corrected chi connectivity index (χ3v) is 4.87. The topological polar surface area (TPSA) is 31.4 Å². The quantitative estimate of drug-likeness (QED) is 0.765. The van der Waals surface area contributed by atoms with E-state index in [9.17, 15) is 0 Å². The van der Waals surface area contributed by atoms with Crippen LogP contribution in [0.5, 0.6) is 0 Å². The predicted octanol–water partition coefficient (Wildman–Crippen LogP) is 2.65. The third-order valence-electron chi connectivity index (χ3n) is 4.87. The largest absolute Gasteiger partial charge is 0.496 e. The molecule has 0 atom stereocenters. The van der Waals surface area contributed by atoms with Gasteiger partial charge in [0.2, 0.25) is 0 Å². The minimum absolute atomic E-state index is 0.283. The summed E-state index contributed by atoms with van der Waals surface area (Å²) >= 11 is 0. The highest BCUT2D eigenvalue weighted by atomic mass is 16.7. The molecule has 2 fully saturated rings. The van der Waals surface area contributed by atoms with Gasteiger partial charge in [-0.15, -0.1) is 0 Å². The summed E-state index contributed by atoms with van der Waals surface area (Å²) < 4.78 is 12.3. The van der Waals surface area contributed by atoms with Crippen LogP contribution in [0.15, 0.2) is 18.3 Å². The van der Waals surface area contributed by atoms with E-state index in [1.807, 2.05) is 12.3 Å². The van der Waals surface area contributed by atoms with Gasteiger partial charge in [0, 0.05) is 23.3 Å². The maximum Gasteiger partial charge on any atom is 0.496 e. The second-order valence-corrected chi connectivity index (χ2v) is 6.69. The van der Waals surface area contributed by atoms with Crippen molar-refractivity contribution in [2.45, 2.75) is 64.1 Å². The molecule has 0 bridgehead atoms. The van der Waals surface area contributed by atoms with Gasteiger partial charge in [0.15, 0.2) is 0 Å². The molecule has 1 aromatic rings. The van der Waals surface area contributed by atoms with Crippen LogP contribution in [0.4, 0.5) is 0 Å². The molecule has 102 valence electrons. The van der Waals surface area contributed by atoms with E-state index in [2.05, 4.69) is 38.7 Å². The van der Waals surface area contributed by atoms with Gasteiger partial charge in [-0.2, -0.15) is 0 Å². The lowest BCUT2D eigenvalue weighted by Crippen LogP contribution is -2.41. The van der Waals surface area contributed by atoms with Crippen LogP contribution < -0.4 is 5.46 Å². The van der Waals surface area contributed by atoms with Gasteiger partial charge in [0.1, 0.15) is 0 Å². The minimum Gasteiger partial charge on any atom is -0.399 e. The molecule has 19 heavy (non-hydrogen) atoms. The third kappa shape index (κ3) is 2.11. The van der Waals surface area contributed by atoms with E-state index < -0.39 is 0 Å². The first kappa shape index (κ1) is 13.1. The van der Waals surface area contributed by atoms with Crippen LogP contribution in [0.25, 0.3) is 0 Å². The highest BCUT2D eigenvalue weighted by Gasteiger charge is 2.52. The zero-order valence-corrected chi connectivity index (χ0v) is 12.3. The number of aromatic nitrogens is 1. The molecule has 3 nitrogen and oxygen atoms in total. The van der Waals surface area contributed by atoms with Crippen LogP contribution in [-0.2, 0) is 9.31 Å². The van der Waals surface area contributed by atoms with Gasteiger partial charge in [-0.1, -0.05) is 12.5 Å². The highest BCUT2D eigenvalue weighted by molar-refractivity contribution is 6.62. The van der Waals surface area contributed by atoms with Gasteiger partial charge in [-0.3, -0.25) is 4.98 Å². The number of rotatable bonds is 2. The maximum atomic E-state index is 6.15. The van der Waals surface area contributed by atoms with Gasteiger partial charge in [-0.05, 0) is 46.6 Å². The molecule has 1 aliphatic heterocycles. The zero-order valence-electron chi connectivity index (χ0n) is 12.3. The van der Waals surface area contributed by atoms with Crippen LogP contribution in [0.3, 0.4) is 0 Å². The average Bonchev–Trinajstić information content (AvgIpc) is 2.46. The summed E-state index contributed by atoms with van der Waals surface area (Å²) in [4.78, 5) is 4.58. The van der Waals surface area contributed by atoms with E-state index in [1.54, 1.807) is 0 Å². The first-order valence-corrected chi connectivity index (χ1v) is 7.21. The average molecular weight is 259 g/mol. The molecule has 1 saturated heterocycles. The molecule has 4 heteroatoms. The Hall–Kier alpha value is -0.865. The normalized spacial score (nSPS) is 25.4. The fourth-order valence-electron chi connectivity index (χ4n) is 2.62. The summed E-state index contributed by atoms with van der Waals surface area (Å²) in [6.45, 7) is 8.36. The first-order valence-electron chi connectivity index (χ1n) is 7.21. The maximum absolute atomic E-state index is 6.15. The smallest absolute Gasteiger partial charge is 0.399 e. The van der Waals surface area contributed by atoms with Crippen LogP contribution in [0, 0.1) is 0 Å².